The third kappa shape index (κ3) is 4.10. The van der Waals surface area contributed by atoms with E-state index in [0.717, 1.165) is 16.7 Å². The maximum absolute atomic E-state index is 12.3. The topological polar surface area (TPSA) is 81.5 Å². The Morgan fingerprint density at radius 2 is 1.92 bits per heavy atom. The smallest absolute Gasteiger partial charge is 0.271 e. The van der Waals surface area contributed by atoms with Crippen molar-refractivity contribution in [1.29, 1.82) is 0 Å². The van der Waals surface area contributed by atoms with Crippen LogP contribution in [0.25, 0.3) is 0 Å². The summed E-state index contributed by atoms with van der Waals surface area (Å²) in [6.45, 7) is 7.54. The lowest BCUT2D eigenvalue weighted by Crippen LogP contribution is -2.30. The molecule has 0 aliphatic heterocycles. The predicted octanol–water partition coefficient (Wildman–Crippen LogP) is 3.93. The fourth-order valence-electron chi connectivity index (χ4n) is 2.31. The first-order valence-electron chi connectivity index (χ1n) is 7.57. The van der Waals surface area contributed by atoms with E-state index in [2.05, 4.69) is 11.4 Å². The summed E-state index contributed by atoms with van der Waals surface area (Å²) < 4.78 is 5.77. The third-order valence-electron chi connectivity index (χ3n) is 3.76. The summed E-state index contributed by atoms with van der Waals surface area (Å²) in [4.78, 5) is 22.6. The number of amides is 1. The van der Waals surface area contributed by atoms with Crippen LogP contribution in [0.2, 0.25) is 0 Å². The maximum Gasteiger partial charge on any atom is 0.271 e. The van der Waals surface area contributed by atoms with Crippen molar-refractivity contribution in [3.8, 4) is 5.75 Å². The zero-order chi connectivity index (χ0) is 17.9. The van der Waals surface area contributed by atoms with E-state index in [1.807, 2.05) is 26.8 Å². The van der Waals surface area contributed by atoms with Crippen LogP contribution < -0.4 is 10.1 Å². The van der Waals surface area contributed by atoms with Gasteiger partial charge in [0.2, 0.25) is 0 Å². The van der Waals surface area contributed by atoms with Crippen LogP contribution in [0.15, 0.2) is 36.4 Å². The van der Waals surface area contributed by atoms with Crippen molar-refractivity contribution in [2.24, 2.45) is 0 Å². The Bertz CT molecular complexity index is 787. The summed E-state index contributed by atoms with van der Waals surface area (Å²) in [6, 6.07) is 9.74. The number of carbonyl (C=O) groups is 1. The number of hydrogen-bond donors (Lipinski definition) is 1. The number of ether oxygens (including phenoxy) is 1. The molecular formula is C18H20N2O4. The third-order valence-corrected chi connectivity index (χ3v) is 3.76. The molecule has 0 spiro atoms. The van der Waals surface area contributed by atoms with Crippen LogP contribution in [0.5, 0.6) is 5.75 Å². The second-order valence-electron chi connectivity index (χ2n) is 5.76. The second kappa shape index (κ2) is 7.12. The van der Waals surface area contributed by atoms with E-state index in [-0.39, 0.29) is 11.6 Å². The molecule has 0 heterocycles. The van der Waals surface area contributed by atoms with E-state index in [4.69, 9.17) is 4.74 Å². The molecule has 2 aromatic carbocycles. The predicted molar refractivity (Wildman–Crippen MR) is 92.5 cm³/mol. The molecule has 0 bridgehead atoms. The van der Waals surface area contributed by atoms with E-state index < -0.39 is 11.0 Å². The highest BCUT2D eigenvalue weighted by molar-refractivity contribution is 5.94. The van der Waals surface area contributed by atoms with E-state index in [1.54, 1.807) is 13.0 Å². The molecular weight excluding hydrogens is 308 g/mol. The van der Waals surface area contributed by atoms with Gasteiger partial charge in [-0.05, 0) is 56.5 Å². The van der Waals surface area contributed by atoms with Gasteiger partial charge in [-0.15, -0.1) is 0 Å². The van der Waals surface area contributed by atoms with Crippen LogP contribution in [0.3, 0.4) is 0 Å². The first-order chi connectivity index (χ1) is 11.3. The van der Waals surface area contributed by atoms with Gasteiger partial charge in [0.15, 0.2) is 6.10 Å². The first kappa shape index (κ1) is 17.5. The van der Waals surface area contributed by atoms with Gasteiger partial charge < -0.3 is 10.1 Å². The molecule has 2 aromatic rings. The Morgan fingerprint density at radius 1 is 1.21 bits per heavy atom. The van der Waals surface area contributed by atoms with Crippen LogP contribution in [0, 0.1) is 30.9 Å². The number of carbonyl (C=O) groups excluding carboxylic acids is 1. The number of nitrogens with one attached hydrogen (secondary N) is 1. The van der Waals surface area contributed by atoms with Crippen LogP contribution in [-0.2, 0) is 4.79 Å². The Balaban J connectivity index is 2.10. The van der Waals surface area contributed by atoms with Gasteiger partial charge >= 0.3 is 0 Å². The van der Waals surface area contributed by atoms with E-state index in [9.17, 15) is 14.9 Å². The average molecular weight is 328 g/mol. The summed E-state index contributed by atoms with van der Waals surface area (Å²) in [6.07, 6.45) is -0.732. The fourth-order valence-corrected chi connectivity index (χ4v) is 2.31. The molecule has 0 aliphatic carbocycles. The van der Waals surface area contributed by atoms with E-state index in [1.165, 1.54) is 18.2 Å². The Morgan fingerprint density at radius 3 is 2.58 bits per heavy atom. The van der Waals surface area contributed by atoms with Crippen LogP contribution in [0.4, 0.5) is 11.4 Å². The van der Waals surface area contributed by atoms with Crippen molar-refractivity contribution in [2.45, 2.75) is 33.8 Å². The van der Waals surface area contributed by atoms with Gasteiger partial charge in [-0.25, -0.2) is 0 Å². The number of aryl methyl sites for hydroxylation is 2. The Hall–Kier alpha value is -2.89. The van der Waals surface area contributed by atoms with Crippen molar-refractivity contribution in [2.75, 3.05) is 5.32 Å². The fraction of sp³-hybridized carbons (Fsp3) is 0.278. The molecule has 126 valence electrons. The number of nitro groups is 1. The Kier molecular flexibility index (Phi) is 5.18. The van der Waals surface area contributed by atoms with Gasteiger partial charge in [-0.3, -0.25) is 14.9 Å². The van der Waals surface area contributed by atoms with Gasteiger partial charge in [-0.1, -0.05) is 12.1 Å². The molecule has 6 nitrogen and oxygen atoms in total. The van der Waals surface area contributed by atoms with Gasteiger partial charge in [-0.2, -0.15) is 0 Å². The molecule has 0 saturated heterocycles. The Labute approximate surface area is 140 Å². The monoisotopic (exact) mass is 328 g/mol. The second-order valence-corrected chi connectivity index (χ2v) is 5.76. The number of non-ortho nitro benzene ring substituents is 1. The lowest BCUT2D eigenvalue weighted by Gasteiger charge is -2.18. The summed E-state index contributed by atoms with van der Waals surface area (Å²) in [5, 5.41) is 13.4. The highest BCUT2D eigenvalue weighted by Crippen LogP contribution is 2.25. The summed E-state index contributed by atoms with van der Waals surface area (Å²) in [5.74, 6) is 0.295. The minimum atomic E-state index is -0.732. The van der Waals surface area contributed by atoms with Crippen molar-refractivity contribution in [1.82, 2.24) is 0 Å². The summed E-state index contributed by atoms with van der Waals surface area (Å²) >= 11 is 0. The van der Waals surface area contributed by atoms with Crippen molar-refractivity contribution < 1.29 is 14.5 Å². The van der Waals surface area contributed by atoms with Crippen molar-refractivity contribution >= 4 is 17.3 Å². The molecule has 6 heteroatoms. The zero-order valence-corrected chi connectivity index (χ0v) is 14.1. The molecule has 0 saturated carbocycles. The SMILES string of the molecule is Cc1cc(C)c(C)c(O[C@@H](C)C(=O)Nc2cccc([N+](=O)[O-])c2)c1. The number of nitrogens with zero attached hydrogens (tertiary/aromatic N) is 1. The molecule has 2 rings (SSSR count). The molecule has 1 N–H and O–H groups in total. The lowest BCUT2D eigenvalue weighted by molar-refractivity contribution is -0.384. The lowest BCUT2D eigenvalue weighted by atomic mass is 10.1. The minimum Gasteiger partial charge on any atom is -0.481 e. The van der Waals surface area contributed by atoms with Gasteiger partial charge in [0.05, 0.1) is 4.92 Å². The molecule has 0 radical (unpaired) electrons. The highest BCUT2D eigenvalue weighted by Gasteiger charge is 2.17. The highest BCUT2D eigenvalue weighted by atomic mass is 16.6. The molecule has 0 unspecified atom stereocenters. The normalized spacial score (nSPS) is 11.7. The van der Waals surface area contributed by atoms with Crippen LogP contribution in [0.1, 0.15) is 23.6 Å². The van der Waals surface area contributed by atoms with Crippen LogP contribution in [-0.4, -0.2) is 16.9 Å². The van der Waals surface area contributed by atoms with Crippen molar-refractivity contribution in [3.63, 3.8) is 0 Å². The number of nitro benzene ring substituents is 1. The van der Waals surface area contributed by atoms with Gasteiger partial charge in [0.1, 0.15) is 5.75 Å². The number of benzene rings is 2. The van der Waals surface area contributed by atoms with Gasteiger partial charge in [0.25, 0.3) is 11.6 Å². The average Bonchev–Trinajstić information content (AvgIpc) is 2.52. The zero-order valence-electron chi connectivity index (χ0n) is 14.1. The number of anilines is 1. The largest absolute Gasteiger partial charge is 0.481 e. The van der Waals surface area contributed by atoms with Crippen molar-refractivity contribution in [3.05, 3.63) is 63.2 Å². The van der Waals surface area contributed by atoms with E-state index in [0.29, 0.717) is 11.4 Å². The van der Waals surface area contributed by atoms with E-state index >= 15 is 0 Å². The summed E-state index contributed by atoms with van der Waals surface area (Å²) in [7, 11) is 0. The molecule has 0 aromatic heterocycles. The molecule has 0 aliphatic rings. The first-order valence-corrected chi connectivity index (χ1v) is 7.57. The quantitative estimate of drug-likeness (QED) is 0.666. The minimum absolute atomic E-state index is 0.0773. The summed E-state index contributed by atoms with van der Waals surface area (Å²) in [5.41, 5.74) is 3.42. The van der Waals surface area contributed by atoms with Crippen LogP contribution >= 0.6 is 0 Å². The number of hydrogen-bond acceptors (Lipinski definition) is 4. The molecule has 1 amide bonds. The maximum atomic E-state index is 12.3. The van der Waals surface area contributed by atoms with Gasteiger partial charge in [0, 0.05) is 17.8 Å². The standard InChI is InChI=1S/C18H20N2O4/c1-11-8-12(2)13(3)17(9-11)24-14(4)18(21)19-15-6-5-7-16(10-15)20(22)23/h5-10,14H,1-4H3,(H,19,21)/t14-/m0/s1. The number of rotatable bonds is 5. The molecule has 0 fully saturated rings. The molecule has 24 heavy (non-hydrogen) atoms. The molecule has 1 atom stereocenters.